The SMILES string of the molecule is CC(OC(=O)/C=C/c1ccccc1)[C@@]1(O)CC[C@]2(O)[C@]1(C)C(OC(=O)/C=C/c1ccccc1)C[C@@H]1[C@@]3(C)CCC(O)CC3(O)C(O)C[C@]12O. The van der Waals surface area contributed by atoms with Gasteiger partial charge in [0, 0.05) is 36.3 Å². The lowest BCUT2D eigenvalue weighted by Crippen LogP contribution is -2.83. The van der Waals surface area contributed by atoms with Crippen LogP contribution in [0.25, 0.3) is 12.2 Å². The Balaban J connectivity index is 1.39. The molecule has 0 heterocycles. The van der Waals surface area contributed by atoms with E-state index in [1.54, 1.807) is 19.1 Å². The molecular formula is C39H48O10. The summed E-state index contributed by atoms with van der Waals surface area (Å²) in [6.45, 7) is 4.78. The van der Waals surface area contributed by atoms with E-state index in [1.807, 2.05) is 60.7 Å². The van der Waals surface area contributed by atoms with Crippen molar-refractivity contribution in [1.29, 1.82) is 0 Å². The normalized spacial score (nSPS) is 42.2. The third-order valence-electron chi connectivity index (χ3n) is 13.0. The van der Waals surface area contributed by atoms with E-state index in [2.05, 4.69) is 0 Å². The average Bonchev–Trinajstić information content (AvgIpc) is 3.30. The highest BCUT2D eigenvalue weighted by Crippen LogP contribution is 2.73. The minimum atomic E-state index is -2.17. The molecule has 11 atom stereocenters. The monoisotopic (exact) mass is 676 g/mol. The molecule has 10 heteroatoms. The van der Waals surface area contributed by atoms with Crippen molar-refractivity contribution in [1.82, 2.24) is 0 Å². The molecule has 6 rings (SSSR count). The summed E-state index contributed by atoms with van der Waals surface area (Å²) in [4.78, 5) is 26.5. The highest BCUT2D eigenvalue weighted by molar-refractivity contribution is 5.88. The number of hydrogen-bond donors (Lipinski definition) is 6. The van der Waals surface area contributed by atoms with Crippen molar-refractivity contribution in [2.75, 3.05) is 0 Å². The Hall–Kier alpha value is -3.38. The number of ether oxygens (including phenoxy) is 2. The molecule has 0 saturated heterocycles. The Labute approximate surface area is 286 Å². The van der Waals surface area contributed by atoms with Crippen molar-refractivity contribution >= 4 is 24.1 Å². The largest absolute Gasteiger partial charge is 0.458 e. The second-order valence-corrected chi connectivity index (χ2v) is 15.2. The molecule has 6 N–H and O–H groups in total. The number of esters is 2. The van der Waals surface area contributed by atoms with Crippen LogP contribution in [0.5, 0.6) is 0 Å². The number of aliphatic hydroxyl groups is 6. The molecule has 0 amide bonds. The highest BCUT2D eigenvalue weighted by Gasteiger charge is 2.84. The molecular weight excluding hydrogens is 628 g/mol. The lowest BCUT2D eigenvalue weighted by atomic mass is 9.38. The summed E-state index contributed by atoms with van der Waals surface area (Å²) >= 11 is 0. The van der Waals surface area contributed by atoms with Gasteiger partial charge in [0.25, 0.3) is 0 Å². The lowest BCUT2D eigenvalue weighted by Gasteiger charge is -2.71. The van der Waals surface area contributed by atoms with Gasteiger partial charge in [0.2, 0.25) is 0 Å². The summed E-state index contributed by atoms with van der Waals surface area (Å²) in [7, 11) is 0. The Morgan fingerprint density at radius 2 is 1.37 bits per heavy atom. The van der Waals surface area contributed by atoms with Crippen LogP contribution in [-0.2, 0) is 19.1 Å². The predicted molar refractivity (Wildman–Crippen MR) is 180 cm³/mol. The maximum absolute atomic E-state index is 13.5. The van der Waals surface area contributed by atoms with Crippen LogP contribution in [0.4, 0.5) is 0 Å². The Morgan fingerprint density at radius 3 is 1.96 bits per heavy atom. The van der Waals surface area contributed by atoms with Crippen LogP contribution in [0, 0.1) is 16.7 Å². The van der Waals surface area contributed by atoms with Gasteiger partial charge < -0.3 is 40.1 Å². The minimum absolute atomic E-state index is 0.0846. The van der Waals surface area contributed by atoms with Gasteiger partial charge in [-0.2, -0.15) is 0 Å². The van der Waals surface area contributed by atoms with Gasteiger partial charge in [-0.25, -0.2) is 9.59 Å². The van der Waals surface area contributed by atoms with Gasteiger partial charge in [0.05, 0.1) is 23.2 Å². The van der Waals surface area contributed by atoms with E-state index >= 15 is 0 Å². The highest BCUT2D eigenvalue weighted by atomic mass is 16.6. The summed E-state index contributed by atoms with van der Waals surface area (Å²) in [5.41, 5.74) is -9.54. The van der Waals surface area contributed by atoms with Crippen LogP contribution in [0.15, 0.2) is 72.8 Å². The quantitative estimate of drug-likeness (QED) is 0.189. The Kier molecular flexibility index (Phi) is 9.00. The number of aliphatic hydroxyl groups excluding tert-OH is 2. The van der Waals surface area contributed by atoms with E-state index < -0.39 is 81.9 Å². The predicted octanol–water partition coefficient (Wildman–Crippen LogP) is 3.32. The van der Waals surface area contributed by atoms with E-state index in [4.69, 9.17) is 9.47 Å². The molecule has 4 fully saturated rings. The molecule has 0 spiro atoms. The van der Waals surface area contributed by atoms with E-state index in [0.717, 1.165) is 11.1 Å². The van der Waals surface area contributed by atoms with E-state index in [9.17, 15) is 40.2 Å². The van der Waals surface area contributed by atoms with Gasteiger partial charge in [0.15, 0.2) is 0 Å². The number of rotatable bonds is 7. The van der Waals surface area contributed by atoms with Crippen molar-refractivity contribution in [3.63, 3.8) is 0 Å². The summed E-state index contributed by atoms with van der Waals surface area (Å²) < 4.78 is 11.9. The fourth-order valence-electron chi connectivity index (χ4n) is 10.1. The molecule has 10 nitrogen and oxygen atoms in total. The zero-order valence-electron chi connectivity index (χ0n) is 28.2. The van der Waals surface area contributed by atoms with Crippen LogP contribution in [-0.4, -0.2) is 89.4 Å². The van der Waals surface area contributed by atoms with E-state index in [1.165, 1.54) is 26.0 Å². The smallest absolute Gasteiger partial charge is 0.331 e. The molecule has 4 aliphatic rings. The Bertz CT molecular complexity index is 1610. The van der Waals surface area contributed by atoms with Crippen LogP contribution >= 0.6 is 0 Å². The lowest BCUT2D eigenvalue weighted by molar-refractivity contribution is -0.372. The molecule has 0 radical (unpaired) electrons. The molecule has 49 heavy (non-hydrogen) atoms. The molecule has 5 unspecified atom stereocenters. The second kappa shape index (κ2) is 12.4. The van der Waals surface area contributed by atoms with E-state index in [0.29, 0.717) is 6.42 Å². The maximum atomic E-state index is 13.5. The van der Waals surface area contributed by atoms with Gasteiger partial charge in [-0.15, -0.1) is 0 Å². The molecule has 264 valence electrons. The molecule has 2 aromatic rings. The van der Waals surface area contributed by atoms with Gasteiger partial charge >= 0.3 is 11.9 Å². The zero-order chi connectivity index (χ0) is 35.5. The number of hydrogen-bond acceptors (Lipinski definition) is 10. The molecule has 2 aromatic carbocycles. The number of fused-ring (bicyclic) bond motifs is 5. The molecule has 0 aliphatic heterocycles. The standard InChI is InChI=1S/C39H48O10/c1-25(48-32(42)16-14-26-10-6-4-7-11-26)36(44)20-21-39(47)35(36,3)31(49-33(43)17-15-27-12-8-5-9-13-27)22-29-34(2)19-18-28(40)23-38(34,46)30(41)24-37(29,39)45/h4-17,25,28-31,40-41,44-47H,18-24H2,1-3H3/b16-14+,17-15+/t25?,28?,29-,30?,31?,34-,35-,36+,37+,38?,39+/m1/s1. The first-order valence-electron chi connectivity index (χ1n) is 17.2. The van der Waals surface area contributed by atoms with Crippen molar-refractivity contribution in [2.45, 2.75) is 113 Å². The molecule has 4 saturated carbocycles. The molecule has 0 bridgehead atoms. The first-order chi connectivity index (χ1) is 23.0. The summed E-state index contributed by atoms with van der Waals surface area (Å²) in [5.74, 6) is -2.39. The topological polar surface area (TPSA) is 174 Å². The van der Waals surface area contributed by atoms with Gasteiger partial charge in [-0.05, 0) is 62.3 Å². The second-order valence-electron chi connectivity index (χ2n) is 15.2. The number of benzene rings is 2. The first-order valence-corrected chi connectivity index (χ1v) is 17.2. The number of carbonyl (C=O) groups is 2. The van der Waals surface area contributed by atoms with Crippen LogP contribution in [0.3, 0.4) is 0 Å². The summed E-state index contributed by atoms with van der Waals surface area (Å²) in [6.07, 6.45) is 0.391. The zero-order valence-corrected chi connectivity index (χ0v) is 28.2. The van der Waals surface area contributed by atoms with Crippen molar-refractivity contribution in [3.8, 4) is 0 Å². The van der Waals surface area contributed by atoms with Gasteiger partial charge in [0.1, 0.15) is 29.0 Å². The minimum Gasteiger partial charge on any atom is -0.458 e. The van der Waals surface area contributed by atoms with Crippen molar-refractivity contribution < 1.29 is 49.7 Å². The third-order valence-corrected chi connectivity index (χ3v) is 13.0. The Morgan fingerprint density at radius 1 is 0.796 bits per heavy atom. The maximum Gasteiger partial charge on any atom is 0.331 e. The molecule has 0 aromatic heterocycles. The fraction of sp³-hybridized carbons (Fsp3) is 0.538. The van der Waals surface area contributed by atoms with Crippen LogP contribution in [0.1, 0.15) is 76.8 Å². The third kappa shape index (κ3) is 5.30. The number of carbonyl (C=O) groups excluding carboxylic acids is 2. The average molecular weight is 677 g/mol. The van der Waals surface area contributed by atoms with Crippen LogP contribution in [0.2, 0.25) is 0 Å². The fourth-order valence-corrected chi connectivity index (χ4v) is 10.1. The van der Waals surface area contributed by atoms with E-state index in [-0.39, 0.29) is 32.1 Å². The van der Waals surface area contributed by atoms with Gasteiger partial charge in [-0.3, -0.25) is 0 Å². The van der Waals surface area contributed by atoms with Gasteiger partial charge in [-0.1, -0.05) is 74.5 Å². The first kappa shape index (κ1) is 35.4. The molecule has 4 aliphatic carbocycles. The van der Waals surface area contributed by atoms with Crippen molar-refractivity contribution in [3.05, 3.63) is 83.9 Å². The van der Waals surface area contributed by atoms with Crippen molar-refractivity contribution in [2.24, 2.45) is 16.7 Å². The summed E-state index contributed by atoms with van der Waals surface area (Å²) in [6, 6.07) is 18.3. The summed E-state index contributed by atoms with van der Waals surface area (Å²) in [5, 5.41) is 72.4. The van der Waals surface area contributed by atoms with Crippen LogP contribution < -0.4 is 0 Å².